The Morgan fingerprint density at radius 2 is 1.93 bits per heavy atom. The van der Waals surface area contributed by atoms with Crippen LogP contribution in [0.15, 0.2) is 36.5 Å². The van der Waals surface area contributed by atoms with E-state index in [1.165, 1.54) is 55.6 Å². The minimum absolute atomic E-state index is 0.516. The number of hydrogen-bond acceptors (Lipinski definition) is 4. The van der Waals surface area contributed by atoms with Crippen LogP contribution in [0.1, 0.15) is 54.0 Å². The van der Waals surface area contributed by atoms with Gasteiger partial charge in [-0.05, 0) is 107 Å². The molecular weight excluding hydrogens is 334 g/mol. The molecule has 146 valence electrons. The summed E-state index contributed by atoms with van der Waals surface area (Å²) in [6, 6.07) is 10.5. The molecule has 0 atom stereocenters. The molecule has 1 aromatic heterocycles. The van der Waals surface area contributed by atoms with Gasteiger partial charge >= 0.3 is 0 Å². The summed E-state index contributed by atoms with van der Waals surface area (Å²) < 4.78 is 6.04. The van der Waals surface area contributed by atoms with Gasteiger partial charge in [-0.3, -0.25) is 4.98 Å². The lowest BCUT2D eigenvalue weighted by molar-refractivity contribution is 0.209. The van der Waals surface area contributed by atoms with E-state index < -0.39 is 0 Å². The largest absolute Gasteiger partial charge is 0.487 e. The standard InChI is InChI=1S/C23H33N3O/c1-18-16-23(27-17-21-7-3-5-11-25-21)19(2)15-22(18)20-8-13-26(14-9-20)12-6-4-10-24/h3,5,7,11,15-16,20H,4,6,8-10,12-14,17,24H2,1-2H3. The van der Waals surface area contributed by atoms with Crippen molar-refractivity contribution in [1.29, 1.82) is 0 Å². The molecule has 0 spiro atoms. The van der Waals surface area contributed by atoms with Crippen molar-refractivity contribution in [3.8, 4) is 5.75 Å². The molecule has 0 amide bonds. The van der Waals surface area contributed by atoms with Gasteiger partial charge in [0.25, 0.3) is 0 Å². The van der Waals surface area contributed by atoms with E-state index in [0.29, 0.717) is 12.5 Å². The second kappa shape index (κ2) is 9.86. The minimum atomic E-state index is 0.516. The maximum atomic E-state index is 6.04. The molecule has 0 aliphatic carbocycles. The topological polar surface area (TPSA) is 51.4 Å². The third-order valence-electron chi connectivity index (χ3n) is 5.62. The normalized spacial score (nSPS) is 15.8. The molecule has 2 heterocycles. The highest BCUT2D eigenvalue weighted by molar-refractivity contribution is 5.43. The molecule has 0 saturated carbocycles. The van der Waals surface area contributed by atoms with Gasteiger partial charge in [-0.15, -0.1) is 0 Å². The molecular formula is C23H33N3O. The Morgan fingerprint density at radius 1 is 1.11 bits per heavy atom. The van der Waals surface area contributed by atoms with E-state index in [1.54, 1.807) is 0 Å². The number of pyridine rings is 1. The SMILES string of the molecule is Cc1cc(C2CCN(CCCCN)CC2)c(C)cc1OCc1ccccn1. The van der Waals surface area contributed by atoms with Gasteiger partial charge in [0.1, 0.15) is 12.4 Å². The van der Waals surface area contributed by atoms with Crippen molar-refractivity contribution in [3.05, 3.63) is 58.9 Å². The number of piperidine rings is 1. The molecule has 1 aliphatic heterocycles. The Hall–Kier alpha value is -1.91. The van der Waals surface area contributed by atoms with Crippen molar-refractivity contribution in [3.63, 3.8) is 0 Å². The number of hydrogen-bond donors (Lipinski definition) is 1. The van der Waals surface area contributed by atoms with Gasteiger partial charge in [0.15, 0.2) is 0 Å². The zero-order valence-corrected chi connectivity index (χ0v) is 16.8. The number of aryl methyl sites for hydroxylation is 2. The van der Waals surface area contributed by atoms with E-state index in [1.807, 2.05) is 24.4 Å². The van der Waals surface area contributed by atoms with Gasteiger partial charge in [-0.2, -0.15) is 0 Å². The molecule has 0 bridgehead atoms. The minimum Gasteiger partial charge on any atom is -0.487 e. The number of nitrogens with zero attached hydrogens (tertiary/aromatic N) is 2. The molecule has 2 N–H and O–H groups in total. The van der Waals surface area contributed by atoms with Crippen molar-refractivity contribution in [2.24, 2.45) is 5.73 Å². The Kier molecular flexibility index (Phi) is 7.25. The molecule has 2 aromatic rings. The van der Waals surface area contributed by atoms with Crippen LogP contribution in [0.5, 0.6) is 5.75 Å². The fraction of sp³-hybridized carbons (Fsp3) is 0.522. The highest BCUT2D eigenvalue weighted by Crippen LogP contribution is 2.34. The number of unbranched alkanes of at least 4 members (excludes halogenated alkanes) is 1. The summed E-state index contributed by atoms with van der Waals surface area (Å²) in [7, 11) is 0. The Morgan fingerprint density at radius 3 is 2.63 bits per heavy atom. The summed E-state index contributed by atoms with van der Waals surface area (Å²) in [5, 5.41) is 0. The van der Waals surface area contributed by atoms with Gasteiger partial charge in [-0.25, -0.2) is 0 Å². The van der Waals surface area contributed by atoms with E-state index in [-0.39, 0.29) is 0 Å². The van der Waals surface area contributed by atoms with Crippen LogP contribution in [0.3, 0.4) is 0 Å². The van der Waals surface area contributed by atoms with Gasteiger partial charge < -0.3 is 15.4 Å². The number of benzene rings is 1. The van der Waals surface area contributed by atoms with Crippen LogP contribution >= 0.6 is 0 Å². The van der Waals surface area contributed by atoms with Crippen molar-refractivity contribution in [2.45, 2.75) is 52.1 Å². The molecule has 0 unspecified atom stereocenters. The number of likely N-dealkylation sites (tertiary alicyclic amines) is 1. The van der Waals surface area contributed by atoms with E-state index in [9.17, 15) is 0 Å². The third-order valence-corrected chi connectivity index (χ3v) is 5.62. The number of aromatic nitrogens is 1. The lowest BCUT2D eigenvalue weighted by atomic mass is 9.85. The first kappa shape index (κ1) is 19.8. The summed E-state index contributed by atoms with van der Waals surface area (Å²) >= 11 is 0. The predicted molar refractivity (Wildman–Crippen MR) is 111 cm³/mol. The fourth-order valence-corrected chi connectivity index (χ4v) is 3.99. The molecule has 1 saturated heterocycles. The Balaban J connectivity index is 1.58. The molecule has 3 rings (SSSR count). The second-order valence-corrected chi connectivity index (χ2v) is 7.70. The highest BCUT2D eigenvalue weighted by atomic mass is 16.5. The molecule has 0 radical (unpaired) electrons. The molecule has 4 heteroatoms. The van der Waals surface area contributed by atoms with Crippen LogP contribution in [0.25, 0.3) is 0 Å². The van der Waals surface area contributed by atoms with E-state index >= 15 is 0 Å². The third kappa shape index (κ3) is 5.53. The quantitative estimate of drug-likeness (QED) is 0.711. The van der Waals surface area contributed by atoms with Gasteiger partial charge in [-0.1, -0.05) is 12.1 Å². The maximum Gasteiger partial charge on any atom is 0.130 e. The van der Waals surface area contributed by atoms with E-state index in [4.69, 9.17) is 10.5 Å². The van der Waals surface area contributed by atoms with E-state index in [0.717, 1.165) is 24.4 Å². The molecule has 4 nitrogen and oxygen atoms in total. The summed E-state index contributed by atoms with van der Waals surface area (Å²) in [6.07, 6.45) is 6.66. The van der Waals surface area contributed by atoms with Crippen LogP contribution in [0, 0.1) is 13.8 Å². The van der Waals surface area contributed by atoms with Gasteiger partial charge in [0.2, 0.25) is 0 Å². The summed E-state index contributed by atoms with van der Waals surface area (Å²) in [6.45, 7) is 9.29. The smallest absolute Gasteiger partial charge is 0.130 e. The molecule has 1 fully saturated rings. The fourth-order valence-electron chi connectivity index (χ4n) is 3.99. The monoisotopic (exact) mass is 367 g/mol. The van der Waals surface area contributed by atoms with Crippen LogP contribution in [-0.2, 0) is 6.61 Å². The lowest BCUT2D eigenvalue weighted by Crippen LogP contribution is -2.34. The molecule has 1 aromatic carbocycles. The average molecular weight is 368 g/mol. The number of rotatable bonds is 8. The van der Waals surface area contributed by atoms with Crippen molar-refractivity contribution in [1.82, 2.24) is 9.88 Å². The number of nitrogens with two attached hydrogens (primary N) is 1. The number of ether oxygens (including phenoxy) is 1. The van der Waals surface area contributed by atoms with Crippen LogP contribution < -0.4 is 10.5 Å². The second-order valence-electron chi connectivity index (χ2n) is 7.70. The summed E-state index contributed by atoms with van der Waals surface area (Å²) in [4.78, 5) is 6.93. The van der Waals surface area contributed by atoms with Crippen LogP contribution in [0.2, 0.25) is 0 Å². The predicted octanol–water partition coefficient (Wildman–Crippen LogP) is 4.20. The first-order valence-corrected chi connectivity index (χ1v) is 10.2. The first-order chi connectivity index (χ1) is 13.2. The summed E-state index contributed by atoms with van der Waals surface area (Å²) in [5.74, 6) is 1.64. The van der Waals surface area contributed by atoms with Gasteiger partial charge in [0.05, 0.1) is 5.69 Å². The molecule has 27 heavy (non-hydrogen) atoms. The highest BCUT2D eigenvalue weighted by Gasteiger charge is 2.22. The molecule has 1 aliphatic rings. The Bertz CT molecular complexity index is 709. The van der Waals surface area contributed by atoms with Crippen molar-refractivity contribution >= 4 is 0 Å². The average Bonchev–Trinajstić information content (AvgIpc) is 2.70. The lowest BCUT2D eigenvalue weighted by Gasteiger charge is -2.33. The van der Waals surface area contributed by atoms with Crippen molar-refractivity contribution in [2.75, 3.05) is 26.2 Å². The van der Waals surface area contributed by atoms with Crippen molar-refractivity contribution < 1.29 is 4.74 Å². The zero-order chi connectivity index (χ0) is 19.1. The van der Waals surface area contributed by atoms with Gasteiger partial charge in [0, 0.05) is 6.20 Å². The van der Waals surface area contributed by atoms with Crippen LogP contribution in [0.4, 0.5) is 0 Å². The summed E-state index contributed by atoms with van der Waals surface area (Å²) in [5.41, 5.74) is 10.6. The first-order valence-electron chi connectivity index (χ1n) is 10.2. The maximum absolute atomic E-state index is 6.04. The van der Waals surface area contributed by atoms with Crippen LogP contribution in [-0.4, -0.2) is 36.1 Å². The zero-order valence-electron chi connectivity index (χ0n) is 16.8. The Labute approximate surface area is 163 Å². The van der Waals surface area contributed by atoms with E-state index in [2.05, 4.69) is 35.9 Å².